The third kappa shape index (κ3) is 3.89. The number of hydrogen-bond donors (Lipinski definition) is 0. The minimum Gasteiger partial charge on any atom is -0.496 e. The Labute approximate surface area is 177 Å². The molecule has 0 spiro atoms. The third-order valence-corrected chi connectivity index (χ3v) is 5.33. The normalized spacial score (nSPS) is 14.6. The maximum Gasteiger partial charge on any atom is 0.453 e. The summed E-state index contributed by atoms with van der Waals surface area (Å²) in [6, 6.07) is 7.15. The van der Waals surface area contributed by atoms with Crippen molar-refractivity contribution in [3.05, 3.63) is 47.3 Å². The van der Waals surface area contributed by atoms with Crippen LogP contribution >= 0.6 is 0 Å². The van der Waals surface area contributed by atoms with E-state index in [0.29, 0.717) is 25.3 Å². The first-order chi connectivity index (χ1) is 14.9. The van der Waals surface area contributed by atoms with Gasteiger partial charge in [-0.3, -0.25) is 0 Å². The molecule has 0 bridgehead atoms. The minimum absolute atomic E-state index is 0.0507. The number of benzene rings is 1. The van der Waals surface area contributed by atoms with Crippen molar-refractivity contribution in [3.63, 3.8) is 0 Å². The van der Waals surface area contributed by atoms with Crippen molar-refractivity contribution >= 4 is 17.0 Å². The van der Waals surface area contributed by atoms with Crippen molar-refractivity contribution < 1.29 is 22.6 Å². The van der Waals surface area contributed by atoms with E-state index in [2.05, 4.69) is 22.2 Å². The van der Waals surface area contributed by atoms with Crippen LogP contribution in [0.1, 0.15) is 30.3 Å². The summed E-state index contributed by atoms with van der Waals surface area (Å²) in [5.41, 5.74) is 3.13. The van der Waals surface area contributed by atoms with Gasteiger partial charge in [0.1, 0.15) is 17.3 Å². The Morgan fingerprint density at radius 2 is 1.77 bits per heavy atom. The summed E-state index contributed by atoms with van der Waals surface area (Å²) in [5.74, 6) is 0.779. The van der Waals surface area contributed by atoms with E-state index in [-0.39, 0.29) is 5.65 Å². The Balaban J connectivity index is 1.65. The summed E-state index contributed by atoms with van der Waals surface area (Å²) in [6.07, 6.45) is -1.08. The molecule has 0 fully saturated rings. The van der Waals surface area contributed by atoms with E-state index in [1.807, 2.05) is 23.1 Å². The molecule has 0 saturated carbocycles. The molecule has 1 aromatic carbocycles. The summed E-state index contributed by atoms with van der Waals surface area (Å²) in [5, 5.41) is 10.9. The smallest absolute Gasteiger partial charge is 0.453 e. The van der Waals surface area contributed by atoms with Gasteiger partial charge in [0, 0.05) is 13.1 Å². The van der Waals surface area contributed by atoms with Gasteiger partial charge < -0.3 is 14.4 Å². The number of anilines is 1. The van der Waals surface area contributed by atoms with Gasteiger partial charge in [-0.25, -0.2) is 0 Å². The van der Waals surface area contributed by atoms with E-state index in [1.54, 1.807) is 20.3 Å². The van der Waals surface area contributed by atoms with Crippen LogP contribution in [0, 0.1) is 0 Å². The number of ether oxygens (including phenoxy) is 2. The van der Waals surface area contributed by atoms with Crippen LogP contribution in [0.4, 0.5) is 19.0 Å². The van der Waals surface area contributed by atoms with E-state index in [4.69, 9.17) is 9.47 Å². The largest absolute Gasteiger partial charge is 0.496 e. The van der Waals surface area contributed by atoms with Gasteiger partial charge in [-0.1, -0.05) is 13.0 Å². The van der Waals surface area contributed by atoms with E-state index in [0.717, 1.165) is 39.1 Å². The summed E-state index contributed by atoms with van der Waals surface area (Å²) in [7, 11) is 3.26. The first kappa shape index (κ1) is 21.0. The number of halogens is 3. The minimum atomic E-state index is -4.63. The van der Waals surface area contributed by atoms with E-state index >= 15 is 0 Å². The van der Waals surface area contributed by atoms with Crippen molar-refractivity contribution in [2.24, 2.45) is 0 Å². The number of hydrogen-bond acceptors (Lipinski definition) is 6. The molecule has 0 unspecified atom stereocenters. The second-order valence-electron chi connectivity index (χ2n) is 7.14. The highest BCUT2D eigenvalue weighted by Crippen LogP contribution is 2.39. The van der Waals surface area contributed by atoms with Gasteiger partial charge in [0.25, 0.3) is 5.82 Å². The first-order valence-corrected chi connectivity index (χ1v) is 9.84. The lowest BCUT2D eigenvalue weighted by Crippen LogP contribution is -2.29. The molecule has 0 atom stereocenters. The number of fused-ring (bicyclic) bond motifs is 1. The summed E-state index contributed by atoms with van der Waals surface area (Å²) < 4.78 is 51.4. The van der Waals surface area contributed by atoms with Crippen LogP contribution in [0.15, 0.2) is 30.3 Å². The highest BCUT2D eigenvalue weighted by atomic mass is 19.4. The second kappa shape index (κ2) is 8.09. The summed E-state index contributed by atoms with van der Waals surface area (Å²) in [6.45, 7) is 3.13. The first-order valence-electron chi connectivity index (χ1n) is 9.84. The maximum atomic E-state index is 13.2. The number of rotatable bonds is 5. The van der Waals surface area contributed by atoms with Crippen LogP contribution < -0.4 is 14.4 Å². The molecule has 0 radical (unpaired) electrons. The van der Waals surface area contributed by atoms with Gasteiger partial charge in [0.15, 0.2) is 5.65 Å². The van der Waals surface area contributed by atoms with Gasteiger partial charge in [-0.15, -0.1) is 15.3 Å². The van der Waals surface area contributed by atoms with E-state index in [9.17, 15) is 13.2 Å². The summed E-state index contributed by atoms with van der Waals surface area (Å²) in [4.78, 5) is 1.91. The second-order valence-corrected chi connectivity index (χ2v) is 7.14. The number of alkyl halides is 3. The van der Waals surface area contributed by atoms with Crippen LogP contribution in [0.3, 0.4) is 0 Å². The number of aromatic nitrogens is 4. The lowest BCUT2D eigenvalue weighted by Gasteiger charge is -2.28. The van der Waals surface area contributed by atoms with E-state index in [1.165, 1.54) is 6.07 Å². The Bertz CT molecular complexity index is 1110. The zero-order chi connectivity index (χ0) is 22.2. The molecule has 31 heavy (non-hydrogen) atoms. The fourth-order valence-corrected chi connectivity index (χ4v) is 3.72. The fraction of sp³-hybridized carbons (Fsp3) is 0.381. The fourth-order valence-electron chi connectivity index (χ4n) is 3.72. The molecule has 2 aromatic heterocycles. The van der Waals surface area contributed by atoms with Crippen LogP contribution in [0.2, 0.25) is 0 Å². The molecule has 0 N–H and O–H groups in total. The number of methoxy groups -OCH3 is 2. The molecule has 0 amide bonds. The SMILES string of the molecule is CCc1cc(OC)c(C2=CCN(c3ccc4nnc(C(F)(F)F)n4n3)CC2)c(OC)c1. The molecule has 0 saturated heterocycles. The number of aryl methyl sites for hydroxylation is 1. The van der Waals surface area contributed by atoms with Crippen molar-refractivity contribution in [2.75, 3.05) is 32.2 Å². The Hall–Kier alpha value is -3.30. The predicted molar refractivity (Wildman–Crippen MR) is 110 cm³/mol. The van der Waals surface area contributed by atoms with Crippen LogP contribution in [-0.4, -0.2) is 47.1 Å². The van der Waals surface area contributed by atoms with Gasteiger partial charge >= 0.3 is 6.18 Å². The molecule has 1 aliphatic heterocycles. The zero-order valence-corrected chi connectivity index (χ0v) is 17.4. The van der Waals surface area contributed by atoms with Crippen LogP contribution in [0.5, 0.6) is 11.5 Å². The highest BCUT2D eigenvalue weighted by molar-refractivity contribution is 5.77. The third-order valence-electron chi connectivity index (χ3n) is 5.33. The summed E-state index contributed by atoms with van der Waals surface area (Å²) >= 11 is 0. The van der Waals surface area contributed by atoms with Crippen molar-refractivity contribution in [2.45, 2.75) is 25.9 Å². The molecule has 1 aliphatic rings. The predicted octanol–water partition coefficient (Wildman–Crippen LogP) is 4.02. The Kier molecular flexibility index (Phi) is 5.47. The lowest BCUT2D eigenvalue weighted by molar-refractivity contribution is -0.146. The van der Waals surface area contributed by atoms with Crippen molar-refractivity contribution in [1.29, 1.82) is 0 Å². The van der Waals surface area contributed by atoms with Crippen molar-refractivity contribution in [1.82, 2.24) is 19.8 Å². The molecule has 10 heteroatoms. The highest BCUT2D eigenvalue weighted by Gasteiger charge is 2.37. The van der Waals surface area contributed by atoms with Crippen LogP contribution in [0.25, 0.3) is 11.2 Å². The van der Waals surface area contributed by atoms with E-state index < -0.39 is 12.0 Å². The molecular weight excluding hydrogens is 411 g/mol. The molecule has 3 heterocycles. The topological polar surface area (TPSA) is 64.8 Å². The van der Waals surface area contributed by atoms with Gasteiger partial charge in [-0.2, -0.15) is 17.7 Å². The average molecular weight is 433 g/mol. The lowest BCUT2D eigenvalue weighted by atomic mass is 9.95. The average Bonchev–Trinajstić information content (AvgIpc) is 3.22. The Morgan fingerprint density at radius 3 is 2.32 bits per heavy atom. The van der Waals surface area contributed by atoms with Crippen LogP contribution in [-0.2, 0) is 12.6 Å². The molecule has 0 aliphatic carbocycles. The monoisotopic (exact) mass is 433 g/mol. The van der Waals surface area contributed by atoms with Crippen molar-refractivity contribution in [3.8, 4) is 11.5 Å². The molecule has 3 aromatic rings. The standard InChI is InChI=1S/C21H22F3N5O2/c1-4-13-11-15(30-2)19(16(12-13)31-3)14-7-9-28(10-8-14)18-6-5-17-25-26-20(21(22,23)24)29(17)27-18/h5-7,11-12H,4,8-10H2,1-3H3. The maximum absolute atomic E-state index is 13.2. The van der Waals surface area contributed by atoms with Gasteiger partial charge in [0.2, 0.25) is 0 Å². The van der Waals surface area contributed by atoms with Gasteiger partial charge in [-0.05, 0) is 48.2 Å². The Morgan fingerprint density at radius 1 is 1.06 bits per heavy atom. The molecular formula is C21H22F3N5O2. The quantitative estimate of drug-likeness (QED) is 0.606. The molecule has 164 valence electrons. The number of nitrogens with zero attached hydrogens (tertiary/aromatic N) is 5. The zero-order valence-electron chi connectivity index (χ0n) is 17.4. The molecule has 7 nitrogen and oxygen atoms in total. The molecule has 4 rings (SSSR count). The van der Waals surface area contributed by atoms with Gasteiger partial charge in [0.05, 0.1) is 19.8 Å².